The molecule has 20 heavy (non-hydrogen) atoms. The normalized spacial score (nSPS) is 21.8. The van der Waals surface area contributed by atoms with Crippen LogP contribution in [0.4, 0.5) is 0 Å². The fourth-order valence-electron chi connectivity index (χ4n) is 2.48. The molecule has 2 aromatic rings. The highest BCUT2D eigenvalue weighted by Gasteiger charge is 2.29. The molecule has 0 unspecified atom stereocenters. The summed E-state index contributed by atoms with van der Waals surface area (Å²) in [5.41, 5.74) is 1.16. The zero-order valence-corrected chi connectivity index (χ0v) is 11.0. The number of nitrogens with one attached hydrogen (secondary N) is 2. The molecule has 2 atom stereocenters. The van der Waals surface area contributed by atoms with E-state index in [2.05, 4.69) is 32.6 Å². The molecule has 0 aliphatic carbocycles. The van der Waals surface area contributed by atoms with Crippen molar-refractivity contribution >= 4 is 5.91 Å². The standard InChI is InChI=1S/C14H16N4O2/c19-14(13-16-9-17-18-13)15-8-11-6-7-20-12(11)10-4-2-1-3-5-10/h1-5,9,11-12H,6-8H2,(H,15,19)(H,16,17,18)/t11-,12-/m0/s1. The number of ether oxygens (including phenoxy) is 1. The highest BCUT2D eigenvalue weighted by molar-refractivity contribution is 5.90. The van der Waals surface area contributed by atoms with Gasteiger partial charge in [-0.1, -0.05) is 30.3 Å². The SMILES string of the molecule is O=C(NC[C@@H]1CCO[C@H]1c1ccccc1)c1ncn[nH]1. The molecule has 6 nitrogen and oxygen atoms in total. The number of amides is 1. The van der Waals surface area contributed by atoms with E-state index in [-0.39, 0.29) is 23.8 Å². The molecule has 2 N–H and O–H groups in total. The molecule has 2 heterocycles. The van der Waals surface area contributed by atoms with E-state index in [1.54, 1.807) is 0 Å². The van der Waals surface area contributed by atoms with Crippen LogP contribution in [-0.2, 0) is 4.74 Å². The molecule has 1 amide bonds. The Balaban J connectivity index is 1.61. The quantitative estimate of drug-likeness (QED) is 0.879. The van der Waals surface area contributed by atoms with Crippen LogP contribution in [0, 0.1) is 5.92 Å². The van der Waals surface area contributed by atoms with Gasteiger partial charge in [-0.3, -0.25) is 9.89 Å². The van der Waals surface area contributed by atoms with E-state index < -0.39 is 0 Å². The van der Waals surface area contributed by atoms with Gasteiger partial charge >= 0.3 is 0 Å². The first-order chi connectivity index (χ1) is 9.84. The minimum absolute atomic E-state index is 0.0474. The van der Waals surface area contributed by atoms with Crippen molar-refractivity contribution in [1.82, 2.24) is 20.5 Å². The van der Waals surface area contributed by atoms with Crippen LogP contribution in [0.1, 0.15) is 28.7 Å². The van der Waals surface area contributed by atoms with Crippen LogP contribution in [0.15, 0.2) is 36.7 Å². The summed E-state index contributed by atoms with van der Waals surface area (Å²) in [6, 6.07) is 10.1. The van der Waals surface area contributed by atoms with Gasteiger partial charge in [-0.05, 0) is 12.0 Å². The Labute approximate surface area is 116 Å². The second-order valence-electron chi connectivity index (χ2n) is 4.79. The molecule has 0 bridgehead atoms. The molecule has 0 radical (unpaired) electrons. The smallest absolute Gasteiger partial charge is 0.288 e. The molecule has 1 aliphatic heterocycles. The molecule has 6 heteroatoms. The van der Waals surface area contributed by atoms with Gasteiger partial charge in [0.2, 0.25) is 5.82 Å². The number of carbonyl (C=O) groups is 1. The van der Waals surface area contributed by atoms with Gasteiger partial charge in [0.05, 0.1) is 6.10 Å². The van der Waals surface area contributed by atoms with E-state index in [1.807, 2.05) is 18.2 Å². The van der Waals surface area contributed by atoms with Crippen LogP contribution in [0.25, 0.3) is 0 Å². The molecule has 104 valence electrons. The van der Waals surface area contributed by atoms with Crippen molar-refractivity contribution in [3.63, 3.8) is 0 Å². The first-order valence-corrected chi connectivity index (χ1v) is 6.64. The molecular weight excluding hydrogens is 256 g/mol. The topological polar surface area (TPSA) is 79.9 Å². The minimum atomic E-state index is -0.235. The number of H-pyrrole nitrogens is 1. The summed E-state index contributed by atoms with van der Waals surface area (Å²) < 4.78 is 5.79. The summed E-state index contributed by atoms with van der Waals surface area (Å²) in [5.74, 6) is 0.283. The summed E-state index contributed by atoms with van der Waals surface area (Å²) in [6.07, 6.45) is 2.31. The van der Waals surface area contributed by atoms with E-state index in [9.17, 15) is 4.79 Å². The maximum Gasteiger partial charge on any atom is 0.288 e. The third-order valence-electron chi connectivity index (χ3n) is 3.50. The molecule has 1 aromatic carbocycles. The predicted octanol–water partition coefficient (Wildman–Crippen LogP) is 1.31. The fourth-order valence-corrected chi connectivity index (χ4v) is 2.48. The van der Waals surface area contributed by atoms with E-state index in [0.717, 1.165) is 18.6 Å². The van der Waals surface area contributed by atoms with E-state index >= 15 is 0 Å². The van der Waals surface area contributed by atoms with Gasteiger partial charge < -0.3 is 10.1 Å². The fraction of sp³-hybridized carbons (Fsp3) is 0.357. The van der Waals surface area contributed by atoms with Crippen molar-refractivity contribution in [3.05, 3.63) is 48.0 Å². The first-order valence-electron chi connectivity index (χ1n) is 6.64. The van der Waals surface area contributed by atoms with Gasteiger partial charge in [-0.2, -0.15) is 5.10 Å². The first kappa shape index (κ1) is 12.8. The van der Waals surface area contributed by atoms with Crippen LogP contribution < -0.4 is 5.32 Å². The van der Waals surface area contributed by atoms with Crippen molar-refractivity contribution in [1.29, 1.82) is 0 Å². The van der Waals surface area contributed by atoms with Crippen molar-refractivity contribution in [2.24, 2.45) is 5.92 Å². The third-order valence-corrected chi connectivity index (χ3v) is 3.50. The lowest BCUT2D eigenvalue weighted by Gasteiger charge is -2.19. The number of carbonyl (C=O) groups excluding carboxylic acids is 1. The Kier molecular flexibility index (Phi) is 3.73. The Bertz CT molecular complexity index is 556. The number of nitrogens with zero attached hydrogens (tertiary/aromatic N) is 2. The average Bonchev–Trinajstić information content (AvgIpc) is 3.17. The third kappa shape index (κ3) is 2.70. The summed E-state index contributed by atoms with van der Waals surface area (Å²) in [5, 5.41) is 9.09. The second kappa shape index (κ2) is 5.83. The van der Waals surface area contributed by atoms with Crippen LogP contribution >= 0.6 is 0 Å². The van der Waals surface area contributed by atoms with Gasteiger partial charge in [0, 0.05) is 19.1 Å². The van der Waals surface area contributed by atoms with Crippen LogP contribution in [0.3, 0.4) is 0 Å². The largest absolute Gasteiger partial charge is 0.373 e. The average molecular weight is 272 g/mol. The van der Waals surface area contributed by atoms with Crippen molar-refractivity contribution in [2.75, 3.05) is 13.2 Å². The lowest BCUT2D eigenvalue weighted by atomic mass is 9.95. The monoisotopic (exact) mass is 272 g/mol. The number of rotatable bonds is 4. The van der Waals surface area contributed by atoms with Crippen LogP contribution in [0.5, 0.6) is 0 Å². The number of benzene rings is 1. The molecule has 0 spiro atoms. The van der Waals surface area contributed by atoms with Gasteiger partial charge in [-0.15, -0.1) is 0 Å². The summed E-state index contributed by atoms with van der Waals surface area (Å²) >= 11 is 0. The van der Waals surface area contributed by atoms with Gasteiger partial charge in [-0.25, -0.2) is 4.98 Å². The number of aromatic amines is 1. The number of aromatic nitrogens is 3. The number of hydrogen-bond acceptors (Lipinski definition) is 4. The van der Waals surface area contributed by atoms with Crippen molar-refractivity contribution < 1.29 is 9.53 Å². The predicted molar refractivity (Wildman–Crippen MR) is 72.0 cm³/mol. The van der Waals surface area contributed by atoms with Gasteiger partial charge in [0.1, 0.15) is 6.33 Å². The zero-order chi connectivity index (χ0) is 13.8. The van der Waals surface area contributed by atoms with Crippen molar-refractivity contribution in [2.45, 2.75) is 12.5 Å². The van der Waals surface area contributed by atoms with Crippen LogP contribution in [-0.4, -0.2) is 34.2 Å². The molecule has 1 fully saturated rings. The lowest BCUT2D eigenvalue weighted by Crippen LogP contribution is -2.31. The highest BCUT2D eigenvalue weighted by atomic mass is 16.5. The summed E-state index contributed by atoms with van der Waals surface area (Å²) in [4.78, 5) is 15.6. The zero-order valence-electron chi connectivity index (χ0n) is 11.0. The van der Waals surface area contributed by atoms with E-state index in [0.29, 0.717) is 6.54 Å². The number of hydrogen-bond donors (Lipinski definition) is 2. The van der Waals surface area contributed by atoms with E-state index in [4.69, 9.17) is 4.74 Å². The van der Waals surface area contributed by atoms with Gasteiger partial charge in [0.15, 0.2) is 0 Å². The Hall–Kier alpha value is -2.21. The maximum absolute atomic E-state index is 11.8. The van der Waals surface area contributed by atoms with Crippen molar-refractivity contribution in [3.8, 4) is 0 Å². The maximum atomic E-state index is 11.8. The Morgan fingerprint density at radius 3 is 3.00 bits per heavy atom. The lowest BCUT2D eigenvalue weighted by molar-refractivity contribution is 0.0841. The van der Waals surface area contributed by atoms with Gasteiger partial charge in [0.25, 0.3) is 5.91 Å². The second-order valence-corrected chi connectivity index (χ2v) is 4.79. The minimum Gasteiger partial charge on any atom is -0.373 e. The molecule has 1 aliphatic rings. The molecule has 0 saturated carbocycles. The molecule has 3 rings (SSSR count). The molecule has 1 saturated heterocycles. The van der Waals surface area contributed by atoms with Crippen LogP contribution in [0.2, 0.25) is 0 Å². The molecular formula is C14H16N4O2. The van der Waals surface area contributed by atoms with E-state index in [1.165, 1.54) is 6.33 Å². The Morgan fingerprint density at radius 1 is 1.40 bits per heavy atom. The molecule has 1 aromatic heterocycles. The summed E-state index contributed by atoms with van der Waals surface area (Å²) in [7, 11) is 0. The summed E-state index contributed by atoms with van der Waals surface area (Å²) in [6.45, 7) is 1.29. The Morgan fingerprint density at radius 2 is 2.25 bits per heavy atom. The highest BCUT2D eigenvalue weighted by Crippen LogP contribution is 2.33.